The zero-order valence-corrected chi connectivity index (χ0v) is 12.7. The average molecular weight is 293 g/mol. The summed E-state index contributed by atoms with van der Waals surface area (Å²) < 4.78 is 0. The van der Waals surface area contributed by atoms with Crippen LogP contribution in [-0.4, -0.2) is 48.5 Å². The third-order valence-corrected chi connectivity index (χ3v) is 3.33. The molecule has 0 aliphatic carbocycles. The van der Waals surface area contributed by atoms with Crippen molar-refractivity contribution in [3.8, 4) is 5.75 Å². The first-order chi connectivity index (χ1) is 9.85. The van der Waals surface area contributed by atoms with Crippen LogP contribution >= 0.6 is 0 Å². The van der Waals surface area contributed by atoms with Crippen molar-refractivity contribution in [2.24, 2.45) is 11.7 Å². The van der Waals surface area contributed by atoms with Crippen molar-refractivity contribution in [1.29, 1.82) is 0 Å². The van der Waals surface area contributed by atoms with E-state index in [1.807, 2.05) is 0 Å². The molecule has 116 valence electrons. The molecule has 0 aromatic heterocycles. The van der Waals surface area contributed by atoms with E-state index in [1.54, 1.807) is 45.3 Å². The first-order valence-corrected chi connectivity index (χ1v) is 6.85. The molecule has 1 rings (SSSR count). The number of phenolic OH excluding ortho intramolecular Hbond substituents is 1. The second-order valence-electron chi connectivity index (χ2n) is 5.21. The van der Waals surface area contributed by atoms with Gasteiger partial charge in [0.2, 0.25) is 11.8 Å². The lowest BCUT2D eigenvalue weighted by Gasteiger charge is -2.24. The normalized spacial score (nSPS) is 13.3. The fraction of sp³-hybridized carbons (Fsp3) is 0.467. The van der Waals surface area contributed by atoms with Gasteiger partial charge in [0.1, 0.15) is 5.75 Å². The third-order valence-electron chi connectivity index (χ3n) is 3.33. The number of benzene rings is 1. The van der Waals surface area contributed by atoms with Crippen molar-refractivity contribution in [2.75, 3.05) is 20.6 Å². The molecule has 21 heavy (non-hydrogen) atoms. The van der Waals surface area contributed by atoms with Crippen LogP contribution in [0.3, 0.4) is 0 Å². The summed E-state index contributed by atoms with van der Waals surface area (Å²) in [6.07, 6.45) is 0.387. The van der Waals surface area contributed by atoms with E-state index in [0.29, 0.717) is 13.0 Å². The summed E-state index contributed by atoms with van der Waals surface area (Å²) in [5.74, 6) is -0.430. The van der Waals surface area contributed by atoms with Crippen molar-refractivity contribution >= 4 is 11.8 Å². The van der Waals surface area contributed by atoms with E-state index in [-0.39, 0.29) is 23.5 Å². The Bertz CT molecular complexity index is 487. The minimum Gasteiger partial charge on any atom is -0.508 e. The molecule has 2 unspecified atom stereocenters. The quantitative estimate of drug-likeness (QED) is 0.693. The van der Waals surface area contributed by atoms with E-state index < -0.39 is 6.04 Å². The van der Waals surface area contributed by atoms with Gasteiger partial charge < -0.3 is 21.1 Å². The van der Waals surface area contributed by atoms with Crippen LogP contribution in [0.15, 0.2) is 24.3 Å². The Kier molecular flexibility index (Phi) is 6.17. The van der Waals surface area contributed by atoms with Crippen molar-refractivity contribution in [3.63, 3.8) is 0 Å². The summed E-state index contributed by atoms with van der Waals surface area (Å²) >= 11 is 0. The molecule has 0 saturated heterocycles. The predicted octanol–water partition coefficient (Wildman–Crippen LogP) is 0.103. The summed E-state index contributed by atoms with van der Waals surface area (Å²) in [5.41, 5.74) is 6.79. The second-order valence-corrected chi connectivity index (χ2v) is 5.21. The molecule has 1 aromatic carbocycles. The molecule has 2 atom stereocenters. The van der Waals surface area contributed by atoms with Crippen molar-refractivity contribution < 1.29 is 14.7 Å². The van der Waals surface area contributed by atoms with E-state index in [2.05, 4.69) is 5.32 Å². The highest BCUT2D eigenvalue weighted by molar-refractivity contribution is 5.83. The Labute approximate surface area is 124 Å². The molecule has 6 heteroatoms. The fourth-order valence-corrected chi connectivity index (χ4v) is 2.09. The van der Waals surface area contributed by atoms with Gasteiger partial charge in [0.05, 0.1) is 12.0 Å². The van der Waals surface area contributed by atoms with Gasteiger partial charge in [-0.1, -0.05) is 19.1 Å². The highest BCUT2D eigenvalue weighted by atomic mass is 16.3. The van der Waals surface area contributed by atoms with Crippen LogP contribution in [0, 0.1) is 5.92 Å². The zero-order chi connectivity index (χ0) is 16.0. The van der Waals surface area contributed by atoms with Crippen LogP contribution in [0.25, 0.3) is 0 Å². The van der Waals surface area contributed by atoms with Crippen molar-refractivity contribution in [3.05, 3.63) is 29.8 Å². The van der Waals surface area contributed by atoms with Crippen molar-refractivity contribution in [2.45, 2.75) is 19.4 Å². The molecule has 0 aliphatic heterocycles. The summed E-state index contributed by atoms with van der Waals surface area (Å²) in [7, 11) is 3.20. The van der Waals surface area contributed by atoms with E-state index >= 15 is 0 Å². The predicted molar refractivity (Wildman–Crippen MR) is 80.7 cm³/mol. The van der Waals surface area contributed by atoms with Gasteiger partial charge in [0.15, 0.2) is 0 Å². The Balaban J connectivity index is 2.56. The van der Waals surface area contributed by atoms with Gasteiger partial charge in [-0.05, 0) is 24.1 Å². The number of aromatic hydroxyl groups is 1. The first-order valence-electron chi connectivity index (χ1n) is 6.85. The molecule has 0 bridgehead atoms. The monoisotopic (exact) mass is 293 g/mol. The number of hydrogen-bond donors (Lipinski definition) is 3. The van der Waals surface area contributed by atoms with E-state index in [1.165, 1.54) is 4.90 Å². The average Bonchev–Trinajstić information content (AvgIpc) is 2.47. The van der Waals surface area contributed by atoms with Crippen LogP contribution in [0.2, 0.25) is 0 Å². The van der Waals surface area contributed by atoms with Gasteiger partial charge in [-0.2, -0.15) is 0 Å². The molecular weight excluding hydrogens is 270 g/mol. The van der Waals surface area contributed by atoms with Crippen molar-refractivity contribution in [1.82, 2.24) is 10.2 Å². The van der Waals surface area contributed by atoms with Crippen LogP contribution in [0.5, 0.6) is 5.75 Å². The van der Waals surface area contributed by atoms with Gasteiger partial charge in [-0.15, -0.1) is 0 Å². The number of rotatable bonds is 6. The SMILES string of the molecule is CNC(=O)C(C)CN(C)C(=O)C(N)Cc1ccc(O)cc1. The Morgan fingerprint density at radius 3 is 2.43 bits per heavy atom. The first kappa shape index (κ1) is 17.0. The molecule has 0 spiro atoms. The number of hydrogen-bond acceptors (Lipinski definition) is 4. The molecule has 6 nitrogen and oxygen atoms in total. The maximum absolute atomic E-state index is 12.2. The second kappa shape index (κ2) is 7.64. The summed E-state index contributed by atoms with van der Waals surface area (Å²) in [4.78, 5) is 25.1. The molecular formula is C15H23N3O3. The van der Waals surface area contributed by atoms with E-state index in [9.17, 15) is 14.7 Å². The van der Waals surface area contributed by atoms with Crippen LogP contribution in [-0.2, 0) is 16.0 Å². The van der Waals surface area contributed by atoms with E-state index in [0.717, 1.165) is 5.56 Å². The lowest BCUT2D eigenvalue weighted by atomic mass is 10.0. The summed E-state index contributed by atoms with van der Waals surface area (Å²) in [6.45, 7) is 2.08. The van der Waals surface area contributed by atoms with E-state index in [4.69, 9.17) is 5.73 Å². The number of carbonyl (C=O) groups is 2. The van der Waals surface area contributed by atoms with Gasteiger partial charge in [-0.25, -0.2) is 0 Å². The van der Waals surface area contributed by atoms with Crippen LogP contribution < -0.4 is 11.1 Å². The number of likely N-dealkylation sites (N-methyl/N-ethyl adjacent to an activating group) is 1. The number of nitrogens with zero attached hydrogens (tertiary/aromatic N) is 1. The minimum absolute atomic E-state index is 0.109. The Hall–Kier alpha value is -2.08. The Morgan fingerprint density at radius 1 is 1.33 bits per heavy atom. The molecule has 0 saturated carbocycles. The van der Waals surface area contributed by atoms with Gasteiger partial charge in [0, 0.05) is 20.6 Å². The lowest BCUT2D eigenvalue weighted by molar-refractivity contribution is -0.133. The Morgan fingerprint density at radius 2 is 1.90 bits per heavy atom. The maximum atomic E-state index is 12.2. The highest BCUT2D eigenvalue weighted by Crippen LogP contribution is 2.11. The zero-order valence-electron chi connectivity index (χ0n) is 12.7. The number of carbonyl (C=O) groups excluding carboxylic acids is 2. The smallest absolute Gasteiger partial charge is 0.239 e. The molecule has 0 heterocycles. The third kappa shape index (κ3) is 5.07. The number of nitrogens with one attached hydrogen (secondary N) is 1. The number of nitrogens with two attached hydrogens (primary N) is 1. The molecule has 0 radical (unpaired) electrons. The number of phenols is 1. The molecule has 0 fully saturated rings. The fourth-order valence-electron chi connectivity index (χ4n) is 2.09. The molecule has 2 amide bonds. The highest BCUT2D eigenvalue weighted by Gasteiger charge is 2.22. The minimum atomic E-state index is -0.670. The van der Waals surface area contributed by atoms with Crippen LogP contribution in [0.1, 0.15) is 12.5 Å². The molecule has 1 aromatic rings. The molecule has 4 N–H and O–H groups in total. The molecule has 0 aliphatic rings. The van der Waals surface area contributed by atoms with Crippen LogP contribution in [0.4, 0.5) is 0 Å². The van der Waals surface area contributed by atoms with Gasteiger partial charge >= 0.3 is 0 Å². The summed E-state index contributed by atoms with van der Waals surface area (Å²) in [6, 6.07) is 5.91. The lowest BCUT2D eigenvalue weighted by Crippen LogP contribution is -2.46. The van der Waals surface area contributed by atoms with Gasteiger partial charge in [-0.3, -0.25) is 9.59 Å². The standard InChI is InChI=1S/C15H23N3O3/c1-10(14(20)17-2)9-18(3)15(21)13(16)8-11-4-6-12(19)7-5-11/h4-7,10,13,19H,8-9,16H2,1-3H3,(H,17,20). The summed E-state index contributed by atoms with van der Waals surface area (Å²) in [5, 5.41) is 11.8. The largest absolute Gasteiger partial charge is 0.508 e. The maximum Gasteiger partial charge on any atom is 0.239 e. The van der Waals surface area contributed by atoms with Gasteiger partial charge in [0.25, 0.3) is 0 Å². The topological polar surface area (TPSA) is 95.7 Å². The number of amides is 2.